The summed E-state index contributed by atoms with van der Waals surface area (Å²) in [6, 6.07) is 8.80. The van der Waals surface area contributed by atoms with E-state index in [1.165, 1.54) is 11.1 Å². The van der Waals surface area contributed by atoms with Gasteiger partial charge in [-0.3, -0.25) is 0 Å². The van der Waals surface area contributed by atoms with Crippen LogP contribution in [0.25, 0.3) is 0 Å². The molecule has 0 aliphatic carbocycles. The Labute approximate surface area is 87.3 Å². The molecule has 0 atom stereocenters. The van der Waals surface area contributed by atoms with Gasteiger partial charge in [-0.15, -0.1) is 0 Å². The van der Waals surface area contributed by atoms with E-state index in [1.807, 2.05) is 0 Å². The van der Waals surface area contributed by atoms with Gasteiger partial charge in [0.25, 0.3) is 0 Å². The fourth-order valence-electron chi connectivity index (χ4n) is 1.44. The summed E-state index contributed by atoms with van der Waals surface area (Å²) in [5, 5.41) is 0. The van der Waals surface area contributed by atoms with Gasteiger partial charge in [0.1, 0.15) is 0 Å². The summed E-state index contributed by atoms with van der Waals surface area (Å²) in [6.45, 7) is 9.47. The normalized spacial score (nSPS) is 12.1. The average Bonchev–Trinajstić information content (AvgIpc) is 2.18. The maximum absolute atomic E-state index is 5.74. The fourth-order valence-corrected chi connectivity index (χ4v) is 1.44. The number of rotatable bonds is 3. The molecule has 0 bridgehead atoms. The molecule has 0 fully saturated rings. The van der Waals surface area contributed by atoms with E-state index < -0.39 is 0 Å². The summed E-state index contributed by atoms with van der Waals surface area (Å²) < 4.78 is 0. The molecule has 0 aliphatic rings. The molecule has 0 unspecified atom stereocenters. The first-order chi connectivity index (χ1) is 6.47. The van der Waals surface area contributed by atoms with Crippen molar-refractivity contribution in [2.75, 3.05) is 6.54 Å². The van der Waals surface area contributed by atoms with Gasteiger partial charge in [-0.2, -0.15) is 0 Å². The third-order valence-electron chi connectivity index (χ3n) is 2.87. The third-order valence-corrected chi connectivity index (χ3v) is 2.87. The highest BCUT2D eigenvalue weighted by molar-refractivity contribution is 5.29. The van der Waals surface area contributed by atoms with E-state index in [0.717, 1.165) is 0 Å². The van der Waals surface area contributed by atoms with Gasteiger partial charge in [0, 0.05) is 12.0 Å². The first-order valence-electron chi connectivity index (χ1n) is 5.28. The lowest BCUT2D eigenvalue weighted by Crippen LogP contribution is -2.27. The van der Waals surface area contributed by atoms with Crippen LogP contribution in [-0.4, -0.2) is 6.54 Å². The zero-order valence-corrected chi connectivity index (χ0v) is 9.67. The fraction of sp³-hybridized carbons (Fsp3) is 0.538. The molecule has 0 saturated heterocycles. The second-order valence-corrected chi connectivity index (χ2v) is 4.86. The summed E-state index contributed by atoms with van der Waals surface area (Å²) in [7, 11) is 0. The minimum absolute atomic E-state index is 0.0928. The van der Waals surface area contributed by atoms with Crippen molar-refractivity contribution in [2.24, 2.45) is 5.73 Å². The van der Waals surface area contributed by atoms with Crippen LogP contribution in [0.15, 0.2) is 24.3 Å². The van der Waals surface area contributed by atoms with Crippen LogP contribution in [0.3, 0.4) is 0 Å². The van der Waals surface area contributed by atoms with Crippen molar-refractivity contribution in [1.29, 1.82) is 0 Å². The summed E-state index contributed by atoms with van der Waals surface area (Å²) in [4.78, 5) is 0. The Morgan fingerprint density at radius 3 is 2.00 bits per heavy atom. The van der Waals surface area contributed by atoms with E-state index in [-0.39, 0.29) is 5.41 Å². The molecule has 0 aliphatic heterocycles. The lowest BCUT2D eigenvalue weighted by atomic mass is 9.84. The van der Waals surface area contributed by atoms with E-state index in [2.05, 4.69) is 52.0 Å². The molecular weight excluding hydrogens is 170 g/mol. The van der Waals surface area contributed by atoms with Crippen LogP contribution < -0.4 is 5.73 Å². The summed E-state index contributed by atoms with van der Waals surface area (Å²) >= 11 is 0. The molecule has 1 aromatic carbocycles. The van der Waals surface area contributed by atoms with Crippen molar-refractivity contribution in [3.05, 3.63) is 35.4 Å². The Kier molecular flexibility index (Phi) is 3.33. The highest BCUT2D eigenvalue weighted by atomic mass is 14.6. The molecule has 1 rings (SSSR count). The molecule has 0 spiro atoms. The van der Waals surface area contributed by atoms with Gasteiger partial charge in [-0.05, 0) is 17.0 Å². The number of benzene rings is 1. The van der Waals surface area contributed by atoms with Gasteiger partial charge in [0.05, 0.1) is 0 Å². The SMILES string of the molecule is CC(C)c1ccc(C(C)(C)CN)cc1. The quantitative estimate of drug-likeness (QED) is 0.780. The van der Waals surface area contributed by atoms with Crippen LogP contribution >= 0.6 is 0 Å². The van der Waals surface area contributed by atoms with Crippen molar-refractivity contribution in [3.8, 4) is 0 Å². The highest BCUT2D eigenvalue weighted by Crippen LogP contribution is 2.23. The lowest BCUT2D eigenvalue weighted by Gasteiger charge is -2.23. The standard InChI is InChI=1S/C13H21N/c1-10(2)11-5-7-12(8-6-11)13(3,4)9-14/h5-8,10H,9,14H2,1-4H3. The molecule has 0 saturated carbocycles. The first kappa shape index (κ1) is 11.3. The molecule has 0 heterocycles. The van der Waals surface area contributed by atoms with Crippen molar-refractivity contribution in [3.63, 3.8) is 0 Å². The Balaban J connectivity index is 2.94. The second-order valence-electron chi connectivity index (χ2n) is 4.86. The Morgan fingerprint density at radius 2 is 1.64 bits per heavy atom. The Hall–Kier alpha value is -0.820. The summed E-state index contributed by atoms with van der Waals surface area (Å²) in [5.41, 5.74) is 8.54. The van der Waals surface area contributed by atoms with E-state index in [4.69, 9.17) is 5.73 Å². The van der Waals surface area contributed by atoms with E-state index in [1.54, 1.807) is 0 Å². The van der Waals surface area contributed by atoms with Crippen LogP contribution in [-0.2, 0) is 5.41 Å². The van der Waals surface area contributed by atoms with Crippen molar-refractivity contribution in [1.82, 2.24) is 0 Å². The zero-order valence-electron chi connectivity index (χ0n) is 9.67. The second kappa shape index (κ2) is 4.14. The zero-order chi connectivity index (χ0) is 10.8. The number of nitrogens with two attached hydrogens (primary N) is 1. The summed E-state index contributed by atoms with van der Waals surface area (Å²) in [6.07, 6.45) is 0. The average molecular weight is 191 g/mol. The van der Waals surface area contributed by atoms with Crippen LogP contribution in [0, 0.1) is 0 Å². The van der Waals surface area contributed by atoms with Crippen LogP contribution in [0.1, 0.15) is 44.7 Å². The molecule has 1 nitrogen and oxygen atoms in total. The molecule has 2 N–H and O–H groups in total. The third kappa shape index (κ3) is 2.36. The van der Waals surface area contributed by atoms with Crippen LogP contribution in [0.2, 0.25) is 0 Å². The highest BCUT2D eigenvalue weighted by Gasteiger charge is 2.17. The number of hydrogen-bond acceptors (Lipinski definition) is 1. The predicted octanol–water partition coefficient (Wildman–Crippen LogP) is 3.05. The van der Waals surface area contributed by atoms with Crippen molar-refractivity contribution >= 4 is 0 Å². The minimum Gasteiger partial charge on any atom is -0.330 e. The van der Waals surface area contributed by atoms with Gasteiger partial charge in [-0.1, -0.05) is 52.0 Å². The van der Waals surface area contributed by atoms with Crippen molar-refractivity contribution < 1.29 is 0 Å². The van der Waals surface area contributed by atoms with Gasteiger partial charge < -0.3 is 5.73 Å². The molecule has 0 radical (unpaired) electrons. The van der Waals surface area contributed by atoms with Crippen LogP contribution in [0.4, 0.5) is 0 Å². The topological polar surface area (TPSA) is 26.0 Å². The predicted molar refractivity (Wildman–Crippen MR) is 62.6 cm³/mol. The lowest BCUT2D eigenvalue weighted by molar-refractivity contribution is 0.539. The largest absolute Gasteiger partial charge is 0.330 e. The van der Waals surface area contributed by atoms with E-state index >= 15 is 0 Å². The molecule has 0 amide bonds. The molecule has 1 aromatic rings. The van der Waals surface area contributed by atoms with E-state index in [9.17, 15) is 0 Å². The Bertz CT molecular complexity index is 283. The van der Waals surface area contributed by atoms with Gasteiger partial charge >= 0.3 is 0 Å². The summed E-state index contributed by atoms with van der Waals surface area (Å²) in [5.74, 6) is 0.602. The van der Waals surface area contributed by atoms with Crippen LogP contribution in [0.5, 0.6) is 0 Å². The maximum atomic E-state index is 5.74. The molecular formula is C13H21N. The van der Waals surface area contributed by atoms with Gasteiger partial charge in [0.2, 0.25) is 0 Å². The van der Waals surface area contributed by atoms with Crippen molar-refractivity contribution in [2.45, 2.75) is 39.0 Å². The van der Waals surface area contributed by atoms with E-state index in [0.29, 0.717) is 12.5 Å². The monoisotopic (exact) mass is 191 g/mol. The minimum atomic E-state index is 0.0928. The molecule has 0 aromatic heterocycles. The van der Waals surface area contributed by atoms with Gasteiger partial charge in [0.15, 0.2) is 0 Å². The van der Waals surface area contributed by atoms with Gasteiger partial charge in [-0.25, -0.2) is 0 Å². The Morgan fingerprint density at radius 1 is 1.14 bits per heavy atom. The molecule has 78 valence electrons. The molecule has 14 heavy (non-hydrogen) atoms. The molecule has 1 heteroatoms. The maximum Gasteiger partial charge on any atom is 0.00190 e. The first-order valence-corrected chi connectivity index (χ1v) is 5.28. The smallest absolute Gasteiger partial charge is 0.00190 e. The number of hydrogen-bond donors (Lipinski definition) is 1.